The minimum atomic E-state index is -2.90. The molecular formula is C6H11N3O2S2. The Balaban J connectivity index is 2.36. The maximum atomic E-state index is 10.7. The van der Waals surface area contributed by atoms with E-state index in [1.807, 2.05) is 0 Å². The van der Waals surface area contributed by atoms with Gasteiger partial charge in [0.25, 0.3) is 0 Å². The number of nitrogens with zero attached hydrogens (tertiary/aromatic N) is 1. The van der Waals surface area contributed by atoms with Crippen molar-refractivity contribution in [2.45, 2.75) is 0 Å². The van der Waals surface area contributed by atoms with Gasteiger partial charge in [0, 0.05) is 18.9 Å². The number of hydrogen-bond acceptors (Lipinski definition) is 6. The summed E-state index contributed by atoms with van der Waals surface area (Å²) < 4.78 is 25.3. The molecule has 0 amide bonds. The zero-order valence-corrected chi connectivity index (χ0v) is 8.78. The first kappa shape index (κ1) is 10.3. The van der Waals surface area contributed by atoms with Crippen LogP contribution in [-0.4, -0.2) is 31.3 Å². The van der Waals surface area contributed by atoms with Gasteiger partial charge in [-0.2, -0.15) is 4.37 Å². The van der Waals surface area contributed by atoms with Crippen LogP contribution in [0.4, 0.5) is 10.8 Å². The van der Waals surface area contributed by atoms with Gasteiger partial charge in [-0.15, -0.1) is 0 Å². The summed E-state index contributed by atoms with van der Waals surface area (Å²) in [6, 6.07) is 1.67. The van der Waals surface area contributed by atoms with E-state index < -0.39 is 9.84 Å². The summed E-state index contributed by atoms with van der Waals surface area (Å²) in [5.41, 5.74) is 5.38. The van der Waals surface area contributed by atoms with E-state index in [1.54, 1.807) is 6.07 Å². The quantitative estimate of drug-likeness (QED) is 0.757. The summed E-state index contributed by atoms with van der Waals surface area (Å²) in [4.78, 5) is 0. The smallest absolute Gasteiger partial charge is 0.149 e. The molecule has 0 aliphatic rings. The molecule has 0 saturated heterocycles. The van der Waals surface area contributed by atoms with Gasteiger partial charge in [0.1, 0.15) is 20.7 Å². The highest BCUT2D eigenvalue weighted by Crippen LogP contribution is 2.16. The molecular weight excluding hydrogens is 210 g/mol. The predicted molar refractivity (Wildman–Crippen MR) is 54.7 cm³/mol. The van der Waals surface area contributed by atoms with Crippen LogP contribution in [0.3, 0.4) is 0 Å². The van der Waals surface area contributed by atoms with Crippen LogP contribution in [-0.2, 0) is 9.84 Å². The van der Waals surface area contributed by atoms with Gasteiger partial charge in [0.15, 0.2) is 0 Å². The lowest BCUT2D eigenvalue weighted by Crippen LogP contribution is -2.13. The van der Waals surface area contributed by atoms with Crippen LogP contribution in [0.25, 0.3) is 0 Å². The Morgan fingerprint density at radius 3 is 2.85 bits per heavy atom. The fourth-order valence-corrected chi connectivity index (χ4v) is 1.80. The molecule has 0 aromatic carbocycles. The fraction of sp³-hybridized carbons (Fsp3) is 0.500. The van der Waals surface area contributed by atoms with E-state index in [1.165, 1.54) is 17.8 Å². The molecule has 0 radical (unpaired) electrons. The Morgan fingerprint density at radius 1 is 1.69 bits per heavy atom. The fourth-order valence-electron chi connectivity index (χ4n) is 0.732. The second kappa shape index (κ2) is 3.93. The van der Waals surface area contributed by atoms with Gasteiger partial charge in [0.05, 0.1) is 5.75 Å². The minimum Gasteiger partial charge on any atom is -0.383 e. The van der Waals surface area contributed by atoms with Crippen LogP contribution in [0.2, 0.25) is 0 Å². The Labute approximate surface area is 81.0 Å². The van der Waals surface area contributed by atoms with Crippen molar-refractivity contribution in [1.29, 1.82) is 0 Å². The molecule has 1 rings (SSSR count). The number of hydrogen-bond donors (Lipinski definition) is 2. The monoisotopic (exact) mass is 221 g/mol. The highest BCUT2D eigenvalue weighted by Gasteiger charge is 2.02. The second-order valence-electron chi connectivity index (χ2n) is 2.67. The minimum absolute atomic E-state index is 0.116. The molecule has 74 valence electrons. The standard InChI is InChI=1S/C6H11N3O2S2/c1-13(10,11)3-2-8-6-4-5(7)9-12-6/h4,8H,2-3H2,1H3,(H2,7,9). The summed E-state index contributed by atoms with van der Waals surface area (Å²) in [7, 11) is -2.90. The number of aromatic nitrogens is 1. The average molecular weight is 221 g/mol. The predicted octanol–water partition coefficient (Wildman–Crippen LogP) is 0.182. The van der Waals surface area contributed by atoms with E-state index in [0.29, 0.717) is 12.4 Å². The molecule has 5 nitrogen and oxygen atoms in total. The van der Waals surface area contributed by atoms with Crippen LogP contribution < -0.4 is 11.1 Å². The summed E-state index contributed by atoms with van der Waals surface area (Å²) >= 11 is 1.22. The van der Waals surface area contributed by atoms with E-state index in [-0.39, 0.29) is 5.75 Å². The molecule has 13 heavy (non-hydrogen) atoms. The van der Waals surface area contributed by atoms with E-state index >= 15 is 0 Å². The number of anilines is 2. The highest BCUT2D eigenvalue weighted by molar-refractivity contribution is 7.90. The van der Waals surface area contributed by atoms with Gasteiger partial charge < -0.3 is 11.1 Å². The molecule has 0 bridgehead atoms. The van der Waals surface area contributed by atoms with E-state index in [4.69, 9.17) is 5.73 Å². The van der Waals surface area contributed by atoms with Crippen molar-refractivity contribution in [2.75, 3.05) is 29.6 Å². The lowest BCUT2D eigenvalue weighted by Gasteiger charge is -1.99. The zero-order valence-electron chi connectivity index (χ0n) is 7.15. The molecule has 1 aromatic rings. The van der Waals surface area contributed by atoms with Crippen molar-refractivity contribution >= 4 is 32.2 Å². The highest BCUT2D eigenvalue weighted by atomic mass is 32.2. The normalized spacial score (nSPS) is 11.5. The number of rotatable bonds is 4. The number of nitrogens with two attached hydrogens (primary N) is 1. The molecule has 0 aliphatic carbocycles. The van der Waals surface area contributed by atoms with E-state index in [9.17, 15) is 8.42 Å². The summed E-state index contributed by atoms with van der Waals surface area (Å²) in [5, 5.41) is 3.71. The maximum Gasteiger partial charge on any atom is 0.149 e. The molecule has 0 saturated carbocycles. The lowest BCUT2D eigenvalue weighted by molar-refractivity contribution is 0.602. The van der Waals surface area contributed by atoms with Crippen LogP contribution in [0.5, 0.6) is 0 Å². The first-order chi connectivity index (χ1) is 5.97. The third-order valence-electron chi connectivity index (χ3n) is 1.30. The largest absolute Gasteiger partial charge is 0.383 e. The summed E-state index contributed by atoms with van der Waals surface area (Å²) in [6.45, 7) is 0.389. The Kier molecular flexibility index (Phi) is 3.10. The van der Waals surface area contributed by atoms with Gasteiger partial charge in [-0.25, -0.2) is 8.42 Å². The van der Waals surface area contributed by atoms with Crippen molar-refractivity contribution in [3.63, 3.8) is 0 Å². The molecule has 0 spiro atoms. The number of nitrogens with one attached hydrogen (secondary N) is 1. The Bertz CT molecular complexity index is 371. The molecule has 0 aliphatic heterocycles. The molecule has 3 N–H and O–H groups in total. The van der Waals surface area contributed by atoms with E-state index in [2.05, 4.69) is 9.69 Å². The molecule has 1 aromatic heterocycles. The van der Waals surface area contributed by atoms with Gasteiger partial charge >= 0.3 is 0 Å². The van der Waals surface area contributed by atoms with Crippen molar-refractivity contribution < 1.29 is 8.42 Å². The van der Waals surface area contributed by atoms with Crippen molar-refractivity contribution in [3.05, 3.63) is 6.07 Å². The van der Waals surface area contributed by atoms with Crippen molar-refractivity contribution in [3.8, 4) is 0 Å². The van der Waals surface area contributed by atoms with Crippen LogP contribution in [0, 0.1) is 0 Å². The van der Waals surface area contributed by atoms with E-state index in [0.717, 1.165) is 5.00 Å². The molecule has 0 atom stereocenters. The zero-order chi connectivity index (χ0) is 9.90. The number of sulfone groups is 1. The van der Waals surface area contributed by atoms with Crippen LogP contribution >= 0.6 is 11.5 Å². The second-order valence-corrected chi connectivity index (χ2v) is 5.74. The number of nitrogen functional groups attached to an aromatic ring is 1. The van der Waals surface area contributed by atoms with Gasteiger partial charge in [-0.05, 0) is 11.5 Å². The maximum absolute atomic E-state index is 10.7. The van der Waals surface area contributed by atoms with Crippen molar-refractivity contribution in [2.24, 2.45) is 0 Å². The topological polar surface area (TPSA) is 85.1 Å². The first-order valence-corrected chi connectivity index (χ1v) is 6.44. The average Bonchev–Trinajstić information content (AvgIpc) is 2.33. The third-order valence-corrected chi connectivity index (χ3v) is 3.01. The third kappa shape index (κ3) is 4.09. The van der Waals surface area contributed by atoms with Gasteiger partial charge in [-0.1, -0.05) is 0 Å². The Morgan fingerprint density at radius 2 is 2.38 bits per heavy atom. The summed E-state index contributed by atoms with van der Waals surface area (Å²) in [5.74, 6) is 0.567. The lowest BCUT2D eigenvalue weighted by atomic mass is 10.6. The SMILES string of the molecule is CS(=O)(=O)CCNc1cc(N)ns1. The molecule has 0 unspecified atom stereocenters. The van der Waals surface area contributed by atoms with Crippen LogP contribution in [0.1, 0.15) is 0 Å². The molecule has 0 fully saturated rings. The molecule has 7 heteroatoms. The molecule has 1 heterocycles. The van der Waals surface area contributed by atoms with Crippen molar-refractivity contribution in [1.82, 2.24) is 4.37 Å². The summed E-state index contributed by atoms with van der Waals surface area (Å²) in [6.07, 6.45) is 1.20. The van der Waals surface area contributed by atoms with Gasteiger partial charge in [-0.3, -0.25) is 0 Å². The van der Waals surface area contributed by atoms with Gasteiger partial charge in [0.2, 0.25) is 0 Å². The van der Waals surface area contributed by atoms with Crippen LogP contribution in [0.15, 0.2) is 6.07 Å². The Hall–Kier alpha value is -0.820. The first-order valence-electron chi connectivity index (χ1n) is 3.61.